The minimum Gasteiger partial charge on any atom is -0.341 e. The highest BCUT2D eigenvalue weighted by Gasteiger charge is 2.36. The molecule has 1 aliphatic rings. The van der Waals surface area contributed by atoms with Crippen LogP contribution in [0.1, 0.15) is 53.8 Å². The number of alkyl halides is 3. The highest BCUT2D eigenvalue weighted by Crippen LogP contribution is 2.41. The quantitative estimate of drug-likeness (QED) is 0.237. The monoisotopic (exact) mass is 586 g/mol. The number of rotatable bonds is 5. The molecule has 208 valence electrons. The number of hydrogen-bond donors (Lipinski definition) is 3. The van der Waals surface area contributed by atoms with Gasteiger partial charge in [0.2, 0.25) is 0 Å². The van der Waals surface area contributed by atoms with Crippen molar-refractivity contribution in [1.29, 1.82) is 0 Å². The smallest absolute Gasteiger partial charge is 0.341 e. The molecule has 0 spiro atoms. The molecular weight excluding hydrogens is 571 g/mol. The number of hydrogen-bond acceptors (Lipinski definition) is 4. The second kappa shape index (κ2) is 10.6. The van der Waals surface area contributed by atoms with E-state index in [1.165, 1.54) is 42.7 Å². The standard InChI is InChI=1S/C28H16ClF5N4O3/c29-21-4-3-16(30)9-19(21)24-23-20(27(41)38-24)10-18(36-25(39)13-2-1-5-35-12-13)11-22(23)37-26(40)14-6-15(28(32,33)34)8-17(31)7-14/h1-12,24H,(H,36,39)(H,37,40)(H,38,41). The van der Waals surface area contributed by atoms with Crippen molar-refractivity contribution in [2.24, 2.45) is 0 Å². The van der Waals surface area contributed by atoms with Crippen LogP contribution in [-0.4, -0.2) is 22.7 Å². The Bertz CT molecular complexity index is 1710. The molecule has 41 heavy (non-hydrogen) atoms. The summed E-state index contributed by atoms with van der Waals surface area (Å²) in [7, 11) is 0. The zero-order chi connectivity index (χ0) is 29.5. The molecule has 4 aromatic rings. The van der Waals surface area contributed by atoms with E-state index in [0.717, 1.165) is 12.1 Å². The van der Waals surface area contributed by atoms with E-state index in [9.17, 15) is 36.3 Å². The van der Waals surface area contributed by atoms with Gasteiger partial charge in [0.25, 0.3) is 17.7 Å². The first-order chi connectivity index (χ1) is 19.4. The highest BCUT2D eigenvalue weighted by molar-refractivity contribution is 6.31. The van der Waals surface area contributed by atoms with E-state index in [1.807, 2.05) is 0 Å². The molecule has 3 N–H and O–H groups in total. The van der Waals surface area contributed by atoms with Crippen molar-refractivity contribution in [3.63, 3.8) is 0 Å². The number of fused-ring (bicyclic) bond motifs is 1. The van der Waals surface area contributed by atoms with Crippen LogP contribution in [0, 0.1) is 11.6 Å². The molecule has 0 aliphatic carbocycles. The van der Waals surface area contributed by atoms with Gasteiger partial charge < -0.3 is 16.0 Å². The second-order valence-corrected chi connectivity index (χ2v) is 9.34. The first-order valence-electron chi connectivity index (χ1n) is 11.7. The predicted molar refractivity (Wildman–Crippen MR) is 139 cm³/mol. The number of halogens is 6. The van der Waals surface area contributed by atoms with Crippen molar-refractivity contribution >= 4 is 40.7 Å². The lowest BCUT2D eigenvalue weighted by atomic mass is 9.95. The van der Waals surface area contributed by atoms with Gasteiger partial charge in [-0.3, -0.25) is 19.4 Å². The van der Waals surface area contributed by atoms with Gasteiger partial charge in [-0.1, -0.05) is 11.6 Å². The summed E-state index contributed by atoms with van der Waals surface area (Å²) in [5, 5.41) is 7.69. The third kappa shape index (κ3) is 5.73. The topological polar surface area (TPSA) is 100 Å². The number of aromatic nitrogens is 1. The van der Waals surface area contributed by atoms with E-state index in [0.29, 0.717) is 12.1 Å². The summed E-state index contributed by atoms with van der Waals surface area (Å²) in [6.45, 7) is 0. The Morgan fingerprint density at radius 3 is 2.37 bits per heavy atom. The van der Waals surface area contributed by atoms with Crippen molar-refractivity contribution in [3.8, 4) is 0 Å². The largest absolute Gasteiger partial charge is 0.416 e. The second-order valence-electron chi connectivity index (χ2n) is 8.93. The van der Waals surface area contributed by atoms with E-state index in [1.54, 1.807) is 0 Å². The molecule has 0 fully saturated rings. The van der Waals surface area contributed by atoms with Crippen molar-refractivity contribution < 1.29 is 36.3 Å². The van der Waals surface area contributed by atoms with Gasteiger partial charge in [0.15, 0.2) is 0 Å². The summed E-state index contributed by atoms with van der Waals surface area (Å²) >= 11 is 6.27. The summed E-state index contributed by atoms with van der Waals surface area (Å²) in [5.41, 5.74) is -1.77. The summed E-state index contributed by atoms with van der Waals surface area (Å²) in [5.74, 6) is -4.38. The Morgan fingerprint density at radius 1 is 0.902 bits per heavy atom. The molecule has 1 unspecified atom stereocenters. The highest BCUT2D eigenvalue weighted by atomic mass is 35.5. The minimum atomic E-state index is -4.93. The Labute approximate surface area is 233 Å². The molecule has 1 aliphatic heterocycles. The molecule has 0 radical (unpaired) electrons. The normalized spacial score (nSPS) is 14.3. The molecule has 2 heterocycles. The van der Waals surface area contributed by atoms with Crippen LogP contribution in [0.15, 0.2) is 73.1 Å². The molecule has 3 amide bonds. The molecule has 0 bridgehead atoms. The molecular formula is C28H16ClF5N4O3. The number of amides is 3. The van der Waals surface area contributed by atoms with Gasteiger partial charge in [-0.25, -0.2) is 8.78 Å². The van der Waals surface area contributed by atoms with Gasteiger partial charge in [-0.2, -0.15) is 13.2 Å². The van der Waals surface area contributed by atoms with Crippen LogP contribution in [0.2, 0.25) is 5.02 Å². The van der Waals surface area contributed by atoms with Crippen LogP contribution in [-0.2, 0) is 6.18 Å². The summed E-state index contributed by atoms with van der Waals surface area (Å²) in [6.07, 6.45) is -2.18. The number of nitrogens with one attached hydrogen (secondary N) is 3. The maximum atomic E-state index is 14.1. The zero-order valence-electron chi connectivity index (χ0n) is 20.4. The average Bonchev–Trinajstić information content (AvgIpc) is 3.25. The Hall–Kier alpha value is -4.84. The van der Waals surface area contributed by atoms with Gasteiger partial charge in [0, 0.05) is 51.0 Å². The minimum absolute atomic E-state index is 0.0317. The number of pyridine rings is 1. The van der Waals surface area contributed by atoms with Crippen molar-refractivity contribution in [2.75, 3.05) is 10.6 Å². The van der Waals surface area contributed by atoms with E-state index < -0.39 is 52.7 Å². The third-order valence-electron chi connectivity index (χ3n) is 6.17. The van der Waals surface area contributed by atoms with E-state index in [4.69, 9.17) is 11.6 Å². The van der Waals surface area contributed by atoms with Crippen LogP contribution in [0.3, 0.4) is 0 Å². The van der Waals surface area contributed by atoms with Crippen LogP contribution in [0.4, 0.5) is 33.3 Å². The van der Waals surface area contributed by atoms with Gasteiger partial charge in [0.05, 0.1) is 17.2 Å². The molecule has 0 saturated heterocycles. The lowest BCUT2D eigenvalue weighted by Gasteiger charge is -2.19. The van der Waals surface area contributed by atoms with Crippen molar-refractivity contribution in [2.45, 2.75) is 12.2 Å². The molecule has 7 nitrogen and oxygen atoms in total. The Morgan fingerprint density at radius 2 is 1.66 bits per heavy atom. The Balaban J connectivity index is 1.60. The number of nitrogens with zero attached hydrogens (tertiary/aromatic N) is 1. The predicted octanol–water partition coefficient (Wildman–Crippen LogP) is 6.37. The van der Waals surface area contributed by atoms with Gasteiger partial charge >= 0.3 is 6.18 Å². The van der Waals surface area contributed by atoms with E-state index in [2.05, 4.69) is 20.9 Å². The molecule has 13 heteroatoms. The molecule has 0 saturated carbocycles. The summed E-state index contributed by atoms with van der Waals surface area (Å²) in [4.78, 5) is 42.7. The summed E-state index contributed by atoms with van der Waals surface area (Å²) in [6, 6.07) is 9.27. The van der Waals surface area contributed by atoms with Crippen LogP contribution in [0.25, 0.3) is 0 Å². The average molecular weight is 587 g/mol. The molecule has 1 atom stereocenters. The van der Waals surface area contributed by atoms with Crippen molar-refractivity contribution in [1.82, 2.24) is 10.3 Å². The van der Waals surface area contributed by atoms with Crippen LogP contribution < -0.4 is 16.0 Å². The fourth-order valence-electron chi connectivity index (χ4n) is 4.36. The Kier molecular flexibility index (Phi) is 7.18. The lowest BCUT2D eigenvalue weighted by molar-refractivity contribution is -0.137. The first-order valence-corrected chi connectivity index (χ1v) is 12.1. The fourth-order valence-corrected chi connectivity index (χ4v) is 4.58. The number of anilines is 2. The summed E-state index contributed by atoms with van der Waals surface area (Å²) < 4.78 is 67.9. The maximum absolute atomic E-state index is 14.1. The van der Waals surface area contributed by atoms with E-state index >= 15 is 0 Å². The van der Waals surface area contributed by atoms with Crippen molar-refractivity contribution in [3.05, 3.63) is 123 Å². The number of carbonyl (C=O) groups excluding carboxylic acids is 3. The zero-order valence-corrected chi connectivity index (χ0v) is 21.2. The van der Waals surface area contributed by atoms with Gasteiger partial charge in [-0.05, 0) is 60.7 Å². The maximum Gasteiger partial charge on any atom is 0.416 e. The van der Waals surface area contributed by atoms with Gasteiger partial charge in [0.1, 0.15) is 11.6 Å². The fraction of sp³-hybridized carbons (Fsp3) is 0.0714. The van der Waals surface area contributed by atoms with Crippen LogP contribution >= 0.6 is 11.6 Å². The molecule has 1 aromatic heterocycles. The molecule has 5 rings (SSSR count). The number of carbonyl (C=O) groups is 3. The third-order valence-corrected chi connectivity index (χ3v) is 6.52. The lowest BCUT2D eigenvalue weighted by Crippen LogP contribution is -2.21. The van der Waals surface area contributed by atoms with E-state index in [-0.39, 0.29) is 44.7 Å². The van der Waals surface area contributed by atoms with Gasteiger partial charge in [-0.15, -0.1) is 0 Å². The van der Waals surface area contributed by atoms with Crippen LogP contribution in [0.5, 0.6) is 0 Å². The SMILES string of the molecule is O=C(Nc1cc(NC(=O)c2cc(F)cc(C(F)(F)F)c2)c2c(c1)C(=O)NC2c1cc(F)ccc1Cl)c1cccnc1. The number of benzene rings is 3. The first kappa shape index (κ1) is 27.7. The molecule has 3 aromatic carbocycles.